The number of amides is 1. The fraction of sp³-hybridized carbons (Fsp3) is 0.438. The van der Waals surface area contributed by atoms with E-state index in [4.69, 9.17) is 14.9 Å². The van der Waals surface area contributed by atoms with Crippen LogP contribution in [-0.2, 0) is 9.59 Å². The number of ketones is 1. The number of anilines is 1. The molecule has 8 nitrogen and oxygen atoms in total. The second kappa shape index (κ2) is 7.41. The van der Waals surface area contributed by atoms with E-state index in [2.05, 4.69) is 0 Å². The molecule has 1 aromatic rings. The number of β-amino-alcohol motifs (C(OH)–C–C–N with tert-alkyl or cyclic N) is 1. The van der Waals surface area contributed by atoms with Crippen LogP contribution >= 0.6 is 0 Å². The summed E-state index contributed by atoms with van der Waals surface area (Å²) in [5.41, 5.74) is 0.566. The van der Waals surface area contributed by atoms with Crippen LogP contribution in [0.5, 0.6) is 5.75 Å². The minimum Gasteiger partial charge on any atom is -0.481 e. The van der Waals surface area contributed by atoms with E-state index in [0.29, 0.717) is 11.4 Å². The summed E-state index contributed by atoms with van der Waals surface area (Å²) in [6.07, 6.45) is -2.32. The molecule has 0 spiro atoms. The van der Waals surface area contributed by atoms with Crippen LogP contribution in [0.25, 0.3) is 0 Å². The van der Waals surface area contributed by atoms with E-state index in [9.17, 15) is 19.5 Å². The molecule has 8 heteroatoms. The van der Waals surface area contributed by atoms with Gasteiger partial charge in [0, 0.05) is 12.0 Å². The maximum atomic E-state index is 12.3. The van der Waals surface area contributed by atoms with Gasteiger partial charge in [-0.2, -0.15) is 0 Å². The molecular weight excluding hydrogens is 318 g/mol. The van der Waals surface area contributed by atoms with E-state index in [-0.39, 0.29) is 30.7 Å². The number of benzene rings is 1. The molecule has 2 rings (SSSR count). The number of rotatable bonds is 7. The molecule has 0 bridgehead atoms. The molecule has 1 aliphatic rings. The van der Waals surface area contributed by atoms with Crippen LogP contribution in [0, 0.1) is 0 Å². The first-order chi connectivity index (χ1) is 11.3. The van der Waals surface area contributed by atoms with Gasteiger partial charge in [-0.3, -0.25) is 14.4 Å². The molecule has 0 saturated heterocycles. The fourth-order valence-electron chi connectivity index (χ4n) is 2.40. The summed E-state index contributed by atoms with van der Waals surface area (Å²) in [6.45, 7) is 0.921. The first kappa shape index (κ1) is 17.9. The molecule has 1 aliphatic heterocycles. The Balaban J connectivity index is 2.31. The van der Waals surface area contributed by atoms with Crippen molar-refractivity contribution in [3.63, 3.8) is 0 Å². The zero-order valence-corrected chi connectivity index (χ0v) is 13.1. The standard InChI is InChI=1S/C16H19NO7/c1-9-16(23)17(7-11(19)8-18)12-6-10(2-4-14(12)24-9)13(20)3-5-15(21)22/h2,4,6,9,11,18-19H,3,5,7-8H2,1H3,(H,21,22). The van der Waals surface area contributed by atoms with Crippen LogP contribution in [0.3, 0.4) is 0 Å². The van der Waals surface area contributed by atoms with Gasteiger partial charge >= 0.3 is 5.97 Å². The van der Waals surface area contributed by atoms with Crippen LogP contribution in [0.15, 0.2) is 18.2 Å². The third-order valence-electron chi connectivity index (χ3n) is 3.66. The van der Waals surface area contributed by atoms with Gasteiger partial charge < -0.3 is 25.0 Å². The Morgan fingerprint density at radius 3 is 2.67 bits per heavy atom. The molecular formula is C16H19NO7. The molecule has 1 heterocycles. The predicted octanol–water partition coefficient (Wildman–Crippen LogP) is 0.201. The van der Waals surface area contributed by atoms with E-state index >= 15 is 0 Å². The fourth-order valence-corrected chi connectivity index (χ4v) is 2.40. The van der Waals surface area contributed by atoms with Crippen LogP contribution in [0.2, 0.25) is 0 Å². The summed E-state index contributed by atoms with van der Waals surface area (Å²) in [5, 5.41) is 27.3. The first-order valence-electron chi connectivity index (χ1n) is 7.49. The Morgan fingerprint density at radius 2 is 2.04 bits per heavy atom. The topological polar surface area (TPSA) is 124 Å². The van der Waals surface area contributed by atoms with Crippen molar-refractivity contribution in [3.8, 4) is 5.75 Å². The van der Waals surface area contributed by atoms with Crippen LogP contribution in [-0.4, -0.2) is 58.3 Å². The van der Waals surface area contributed by atoms with Crippen molar-refractivity contribution in [3.05, 3.63) is 23.8 Å². The zero-order valence-electron chi connectivity index (χ0n) is 13.1. The Kier molecular flexibility index (Phi) is 5.53. The number of carbonyl (C=O) groups is 3. The molecule has 3 N–H and O–H groups in total. The Morgan fingerprint density at radius 1 is 1.33 bits per heavy atom. The highest BCUT2D eigenvalue weighted by atomic mass is 16.5. The largest absolute Gasteiger partial charge is 0.481 e. The summed E-state index contributed by atoms with van der Waals surface area (Å²) >= 11 is 0. The molecule has 2 atom stereocenters. The maximum Gasteiger partial charge on any atom is 0.303 e. The number of aliphatic hydroxyl groups is 2. The van der Waals surface area contributed by atoms with Gasteiger partial charge in [-0.15, -0.1) is 0 Å². The Hall–Kier alpha value is -2.45. The first-order valence-corrected chi connectivity index (χ1v) is 7.49. The number of aliphatic hydroxyl groups excluding tert-OH is 2. The lowest BCUT2D eigenvalue weighted by molar-refractivity contribution is -0.137. The number of hydrogen-bond acceptors (Lipinski definition) is 6. The minimum absolute atomic E-state index is 0.136. The average molecular weight is 337 g/mol. The molecule has 1 aromatic carbocycles. The van der Waals surface area contributed by atoms with Gasteiger partial charge in [-0.25, -0.2) is 0 Å². The molecule has 24 heavy (non-hydrogen) atoms. The van der Waals surface area contributed by atoms with Crippen molar-refractivity contribution in [2.45, 2.75) is 32.0 Å². The van der Waals surface area contributed by atoms with Crippen LogP contribution < -0.4 is 9.64 Å². The van der Waals surface area contributed by atoms with Crippen molar-refractivity contribution >= 4 is 23.3 Å². The number of carboxylic acids is 1. The molecule has 1 amide bonds. The number of fused-ring (bicyclic) bond motifs is 1. The van der Waals surface area contributed by atoms with Crippen molar-refractivity contribution in [1.82, 2.24) is 0 Å². The number of Topliss-reactive ketones (excluding diaryl/α,β-unsaturated/α-hetero) is 1. The van der Waals surface area contributed by atoms with Gasteiger partial charge in [0.1, 0.15) is 5.75 Å². The molecule has 130 valence electrons. The number of carbonyl (C=O) groups excluding carboxylic acids is 2. The van der Waals surface area contributed by atoms with E-state index < -0.39 is 30.7 Å². The molecule has 0 aromatic heterocycles. The number of carboxylic acid groups (broad SMARTS) is 1. The highest BCUT2D eigenvalue weighted by Gasteiger charge is 2.33. The van der Waals surface area contributed by atoms with Crippen molar-refractivity contribution in [2.75, 3.05) is 18.1 Å². The number of aliphatic carboxylic acids is 1. The second-order valence-electron chi connectivity index (χ2n) is 5.54. The molecule has 0 radical (unpaired) electrons. The highest BCUT2D eigenvalue weighted by molar-refractivity contribution is 6.03. The maximum absolute atomic E-state index is 12.3. The predicted molar refractivity (Wildman–Crippen MR) is 83.2 cm³/mol. The summed E-state index contributed by atoms with van der Waals surface area (Å²) in [6, 6.07) is 4.48. The highest BCUT2D eigenvalue weighted by Crippen LogP contribution is 2.35. The smallest absolute Gasteiger partial charge is 0.303 e. The monoisotopic (exact) mass is 337 g/mol. The lowest BCUT2D eigenvalue weighted by Gasteiger charge is -2.34. The van der Waals surface area contributed by atoms with E-state index in [0.717, 1.165) is 0 Å². The van der Waals surface area contributed by atoms with Gasteiger partial charge in [0.25, 0.3) is 5.91 Å². The van der Waals surface area contributed by atoms with Crippen molar-refractivity contribution in [1.29, 1.82) is 0 Å². The van der Waals surface area contributed by atoms with Crippen molar-refractivity contribution in [2.24, 2.45) is 0 Å². The lowest BCUT2D eigenvalue weighted by Crippen LogP contribution is -2.48. The van der Waals surface area contributed by atoms with Crippen LogP contribution in [0.1, 0.15) is 30.1 Å². The van der Waals surface area contributed by atoms with E-state index in [1.54, 1.807) is 6.92 Å². The zero-order chi connectivity index (χ0) is 17.9. The summed E-state index contributed by atoms with van der Waals surface area (Å²) < 4.78 is 5.48. The normalized spacial score (nSPS) is 17.9. The van der Waals surface area contributed by atoms with Gasteiger partial charge in [-0.1, -0.05) is 0 Å². The summed E-state index contributed by atoms with van der Waals surface area (Å²) in [4.78, 5) is 36.2. The Bertz CT molecular complexity index is 658. The third kappa shape index (κ3) is 3.90. The van der Waals surface area contributed by atoms with Gasteiger partial charge in [0.15, 0.2) is 11.9 Å². The van der Waals surface area contributed by atoms with E-state index in [1.165, 1.54) is 23.1 Å². The molecule has 0 saturated carbocycles. The van der Waals surface area contributed by atoms with Gasteiger partial charge in [-0.05, 0) is 25.1 Å². The number of nitrogens with zero attached hydrogens (tertiary/aromatic N) is 1. The lowest BCUT2D eigenvalue weighted by atomic mass is 10.0. The van der Waals surface area contributed by atoms with E-state index in [1.807, 2.05) is 0 Å². The molecule has 0 aliphatic carbocycles. The average Bonchev–Trinajstić information content (AvgIpc) is 2.56. The number of ether oxygens (including phenoxy) is 1. The van der Waals surface area contributed by atoms with Gasteiger partial charge in [0.2, 0.25) is 0 Å². The van der Waals surface area contributed by atoms with Crippen LogP contribution in [0.4, 0.5) is 5.69 Å². The molecule has 0 fully saturated rings. The van der Waals surface area contributed by atoms with Gasteiger partial charge in [0.05, 0.1) is 31.4 Å². The second-order valence-corrected chi connectivity index (χ2v) is 5.54. The summed E-state index contributed by atoms with van der Waals surface area (Å²) in [7, 11) is 0. The van der Waals surface area contributed by atoms with Crippen molar-refractivity contribution < 1.29 is 34.4 Å². The number of hydrogen-bond donors (Lipinski definition) is 3. The quantitative estimate of drug-likeness (QED) is 0.607. The minimum atomic E-state index is -1.13. The Labute approximate surface area is 138 Å². The SMILES string of the molecule is CC1Oc2ccc(C(=O)CCC(=O)O)cc2N(CC(O)CO)C1=O. The molecule has 2 unspecified atom stereocenters. The summed E-state index contributed by atoms with van der Waals surface area (Å²) in [5.74, 6) is -1.46. The third-order valence-corrected chi connectivity index (χ3v) is 3.66.